The average molecular weight is 695 g/mol. The lowest BCUT2D eigenvalue weighted by Crippen LogP contribution is -2.70. The highest BCUT2D eigenvalue weighted by atomic mass is 32.2. The molecule has 6 nitrogen and oxygen atoms in total. The molecule has 1 aromatic rings. The number of rotatable bonds is 5. The van der Waals surface area contributed by atoms with Gasteiger partial charge in [-0.25, -0.2) is 0 Å². The van der Waals surface area contributed by atoms with Gasteiger partial charge in [-0.1, -0.05) is 71.4 Å². The molecule has 0 bridgehead atoms. The fourth-order valence-electron chi connectivity index (χ4n) is 14.1. The van der Waals surface area contributed by atoms with E-state index in [-0.39, 0.29) is 22.2 Å². The quantitative estimate of drug-likeness (QED) is 0.212. The summed E-state index contributed by atoms with van der Waals surface area (Å²) in [5, 5.41) is 56.0. The first-order valence-electron chi connectivity index (χ1n) is 19.5. The number of benzene rings is 1. The third kappa shape index (κ3) is 4.80. The largest absolute Gasteiger partial charge is 0.396 e. The smallest absolute Gasteiger partial charge is 0.181 e. The summed E-state index contributed by atoms with van der Waals surface area (Å²) in [5.74, 6) is -1.55. The summed E-state index contributed by atoms with van der Waals surface area (Å²) in [6.45, 7) is 14.7. The van der Waals surface area contributed by atoms with E-state index < -0.39 is 54.1 Å². The first-order chi connectivity index (χ1) is 23.0. The van der Waals surface area contributed by atoms with E-state index >= 15 is 0 Å². The number of allylic oxidation sites excluding steroid dienone is 2. The normalized spacial score (nSPS) is 51.5. The second-order valence-corrected chi connectivity index (χ2v) is 21.0. The lowest BCUT2D eigenvalue weighted by atomic mass is 9.37. The Morgan fingerprint density at radius 3 is 2.27 bits per heavy atom. The molecule has 0 radical (unpaired) electrons. The molecule has 0 amide bonds. The molecule has 1 saturated heterocycles. The van der Waals surface area contributed by atoms with Gasteiger partial charge in [0.2, 0.25) is 0 Å². The molecule has 272 valence electrons. The van der Waals surface area contributed by atoms with Gasteiger partial charge in [-0.05, 0) is 122 Å². The first kappa shape index (κ1) is 35.1. The highest BCUT2D eigenvalue weighted by Gasteiger charge is 2.74. The van der Waals surface area contributed by atoms with Crippen LogP contribution in [0.15, 0.2) is 46.9 Å². The molecule has 5 N–H and O–H groups in total. The molecule has 6 aliphatic carbocycles. The summed E-state index contributed by atoms with van der Waals surface area (Å²) in [6, 6.07) is 11.0. The number of hydrogen-bond acceptors (Lipinski definition) is 7. The Morgan fingerprint density at radius 2 is 1.55 bits per heavy atom. The SMILES string of the molecule is CC1(C)CC[C@]2([C@H](O)[C@H]3OC4(O)C(CO)[C@H](O)C(O)C34)CCC3C(=CCC4[C@@]3(C)CCC3C(C)(C)[C@@H](Sc5ccccc5)CC[C@@]34C)C2C1. The number of aliphatic hydroxyl groups is 5. The predicted molar refractivity (Wildman–Crippen MR) is 192 cm³/mol. The number of ether oxygens (including phenoxy) is 1. The molecular formula is C42H62O6S. The molecule has 1 aromatic carbocycles. The van der Waals surface area contributed by atoms with Gasteiger partial charge in [0.1, 0.15) is 0 Å². The molecule has 1 aliphatic heterocycles. The summed E-state index contributed by atoms with van der Waals surface area (Å²) >= 11 is 2.10. The maximum Gasteiger partial charge on any atom is 0.181 e. The van der Waals surface area contributed by atoms with Crippen molar-refractivity contribution in [3.63, 3.8) is 0 Å². The zero-order valence-electron chi connectivity index (χ0n) is 30.6. The molecule has 8 rings (SSSR count). The van der Waals surface area contributed by atoms with Crippen molar-refractivity contribution in [3.8, 4) is 0 Å². The minimum Gasteiger partial charge on any atom is -0.396 e. The molecule has 8 unspecified atom stereocenters. The van der Waals surface area contributed by atoms with Crippen LogP contribution in [0.1, 0.15) is 106 Å². The Hall–Kier alpha value is -0.930. The molecule has 15 atom stereocenters. The molecule has 6 fully saturated rings. The highest BCUT2D eigenvalue weighted by Crippen LogP contribution is 2.73. The highest BCUT2D eigenvalue weighted by molar-refractivity contribution is 8.00. The minimum atomic E-state index is -1.80. The van der Waals surface area contributed by atoms with Gasteiger partial charge in [0, 0.05) is 15.6 Å². The van der Waals surface area contributed by atoms with Crippen molar-refractivity contribution < 1.29 is 30.3 Å². The van der Waals surface area contributed by atoms with Gasteiger partial charge in [-0.3, -0.25) is 0 Å². The third-order valence-electron chi connectivity index (χ3n) is 16.8. The number of thioether (sulfide) groups is 1. The second-order valence-electron chi connectivity index (χ2n) is 19.7. The van der Waals surface area contributed by atoms with E-state index in [2.05, 4.69) is 89.7 Å². The summed E-state index contributed by atoms with van der Waals surface area (Å²) in [4.78, 5) is 1.39. The molecule has 7 heteroatoms. The van der Waals surface area contributed by atoms with Crippen molar-refractivity contribution >= 4 is 11.8 Å². The Labute approximate surface area is 298 Å². The van der Waals surface area contributed by atoms with Crippen molar-refractivity contribution in [1.29, 1.82) is 0 Å². The zero-order chi connectivity index (χ0) is 34.9. The van der Waals surface area contributed by atoms with Gasteiger partial charge >= 0.3 is 0 Å². The summed E-state index contributed by atoms with van der Waals surface area (Å²) in [5.41, 5.74) is 2.08. The maximum absolute atomic E-state index is 12.4. The van der Waals surface area contributed by atoms with Crippen LogP contribution < -0.4 is 0 Å². The van der Waals surface area contributed by atoms with Crippen molar-refractivity contribution in [2.75, 3.05) is 6.61 Å². The number of hydrogen-bond donors (Lipinski definition) is 5. The van der Waals surface area contributed by atoms with E-state index in [0.717, 1.165) is 38.5 Å². The van der Waals surface area contributed by atoms with E-state index in [1.807, 2.05) is 0 Å². The van der Waals surface area contributed by atoms with Crippen LogP contribution in [0, 0.1) is 62.6 Å². The number of aliphatic hydroxyl groups excluding tert-OH is 4. The third-order valence-corrected chi connectivity index (χ3v) is 18.4. The lowest BCUT2D eigenvalue weighted by molar-refractivity contribution is -0.404. The summed E-state index contributed by atoms with van der Waals surface area (Å²) in [7, 11) is 0. The van der Waals surface area contributed by atoms with Crippen LogP contribution in [0.25, 0.3) is 0 Å². The Bertz CT molecular complexity index is 1460. The van der Waals surface area contributed by atoms with Crippen LogP contribution in [0.3, 0.4) is 0 Å². The van der Waals surface area contributed by atoms with Gasteiger partial charge in [-0.15, -0.1) is 11.8 Å². The topological polar surface area (TPSA) is 110 Å². The van der Waals surface area contributed by atoms with Crippen molar-refractivity contribution in [1.82, 2.24) is 0 Å². The lowest BCUT2D eigenvalue weighted by Gasteiger charge is -2.69. The van der Waals surface area contributed by atoms with Crippen molar-refractivity contribution in [2.45, 2.75) is 146 Å². The molecule has 0 aromatic heterocycles. The summed E-state index contributed by atoms with van der Waals surface area (Å²) < 4.78 is 6.09. The fourth-order valence-corrected chi connectivity index (χ4v) is 15.5. The van der Waals surface area contributed by atoms with Gasteiger partial charge in [0.15, 0.2) is 5.79 Å². The van der Waals surface area contributed by atoms with Crippen molar-refractivity contribution in [2.24, 2.45) is 62.6 Å². The second kappa shape index (κ2) is 11.5. The number of fused-ring (bicyclic) bond motifs is 8. The Kier molecular flexibility index (Phi) is 8.27. The molecule has 1 heterocycles. The van der Waals surface area contributed by atoms with Crippen LogP contribution >= 0.6 is 11.8 Å². The molecule has 5 saturated carbocycles. The molecular weight excluding hydrogens is 633 g/mol. The van der Waals surface area contributed by atoms with Crippen molar-refractivity contribution in [3.05, 3.63) is 42.0 Å². The summed E-state index contributed by atoms with van der Waals surface area (Å²) in [6.07, 6.45) is 9.56. The van der Waals surface area contributed by atoms with Gasteiger partial charge < -0.3 is 30.3 Å². The zero-order valence-corrected chi connectivity index (χ0v) is 31.5. The van der Waals surface area contributed by atoms with E-state index in [1.54, 1.807) is 5.57 Å². The predicted octanol–water partition coefficient (Wildman–Crippen LogP) is 6.97. The van der Waals surface area contributed by atoms with Gasteiger partial charge in [0.25, 0.3) is 0 Å². The maximum atomic E-state index is 12.4. The van der Waals surface area contributed by atoms with Crippen LogP contribution in [-0.2, 0) is 4.74 Å². The van der Waals surface area contributed by atoms with E-state index in [9.17, 15) is 25.5 Å². The van der Waals surface area contributed by atoms with Crippen LogP contribution in [-0.4, -0.2) is 67.6 Å². The monoisotopic (exact) mass is 694 g/mol. The molecule has 49 heavy (non-hydrogen) atoms. The van der Waals surface area contributed by atoms with Gasteiger partial charge in [-0.2, -0.15) is 0 Å². The van der Waals surface area contributed by atoms with E-state index in [4.69, 9.17) is 4.74 Å². The molecule has 0 spiro atoms. The van der Waals surface area contributed by atoms with Crippen LogP contribution in [0.4, 0.5) is 0 Å². The molecule has 7 aliphatic rings. The van der Waals surface area contributed by atoms with Gasteiger partial charge in [0.05, 0.1) is 42.9 Å². The fraction of sp³-hybridized carbons (Fsp3) is 0.810. The first-order valence-corrected chi connectivity index (χ1v) is 20.4. The van der Waals surface area contributed by atoms with Crippen LogP contribution in [0.5, 0.6) is 0 Å². The van der Waals surface area contributed by atoms with E-state index in [0.29, 0.717) is 28.4 Å². The average Bonchev–Trinajstić information content (AvgIpc) is 3.18. The Morgan fingerprint density at radius 1 is 0.837 bits per heavy atom. The minimum absolute atomic E-state index is 0.156. The van der Waals surface area contributed by atoms with Crippen LogP contribution in [0.2, 0.25) is 0 Å². The Balaban J connectivity index is 1.09. The standard InChI is InChI=1S/C42H62O6S/c1-37(2)20-21-41(36(46)35-32-34(45)33(44)28(23-43)42(32,47)48-35)19-14-26-25(27(41)22-37)12-13-30-39(26,5)17-15-29-38(3,4)31(16-18-40(29,30)6)49-24-10-8-7-9-11-24/h7-12,26-36,43-47H,13-23H2,1-6H3/t26?,27?,28?,29?,30?,31-,32?,33-,34?,35-,36+,39-,40-,41+,42?/m0/s1. The van der Waals surface area contributed by atoms with E-state index in [1.165, 1.54) is 30.6 Å².